The summed E-state index contributed by atoms with van der Waals surface area (Å²) in [7, 11) is 0. The maximum atomic E-state index is 13.5. The highest BCUT2D eigenvalue weighted by Crippen LogP contribution is 2.27. The van der Waals surface area contributed by atoms with Crippen LogP contribution in [0.1, 0.15) is 11.1 Å². The molecular weight excluding hydrogens is 299 g/mol. The van der Waals surface area contributed by atoms with Crippen LogP contribution < -0.4 is 11.1 Å². The van der Waals surface area contributed by atoms with Crippen LogP contribution in [0.25, 0.3) is 0 Å². The number of rotatable bonds is 2. The summed E-state index contributed by atoms with van der Waals surface area (Å²) in [6.07, 6.45) is 1.04. The molecule has 0 fully saturated rings. The minimum atomic E-state index is -0.539. The van der Waals surface area contributed by atoms with Gasteiger partial charge >= 0.3 is 0 Å². The predicted molar refractivity (Wildman–Crippen MR) is 73.3 cm³/mol. The zero-order valence-electron chi connectivity index (χ0n) is 9.96. The summed E-state index contributed by atoms with van der Waals surface area (Å²) in [5.74, 6) is -0.435. The van der Waals surface area contributed by atoms with Crippen molar-refractivity contribution < 1.29 is 4.39 Å². The summed E-state index contributed by atoms with van der Waals surface area (Å²) in [5.41, 5.74) is 8.29. The summed E-state index contributed by atoms with van der Waals surface area (Å²) in [6.45, 7) is 3.93. The van der Waals surface area contributed by atoms with Crippen LogP contribution in [0, 0.1) is 19.7 Å². The van der Waals surface area contributed by atoms with Crippen molar-refractivity contribution in [1.82, 2.24) is 9.97 Å². The molecule has 1 aromatic carbocycles. The molecule has 0 spiro atoms. The smallest absolute Gasteiger partial charge is 0.222 e. The Hall–Kier alpha value is -1.69. The lowest BCUT2D eigenvalue weighted by Gasteiger charge is -2.10. The number of nitrogens with zero attached hydrogens (tertiary/aromatic N) is 2. The van der Waals surface area contributed by atoms with E-state index in [-0.39, 0.29) is 11.8 Å². The molecule has 0 aliphatic heterocycles. The highest BCUT2D eigenvalue weighted by molar-refractivity contribution is 9.10. The maximum Gasteiger partial charge on any atom is 0.222 e. The first-order valence-corrected chi connectivity index (χ1v) is 6.08. The van der Waals surface area contributed by atoms with E-state index in [2.05, 4.69) is 31.2 Å². The number of nitrogens with two attached hydrogens (primary N) is 1. The minimum absolute atomic E-state index is 0.0319. The van der Waals surface area contributed by atoms with E-state index in [1.807, 2.05) is 26.0 Å². The van der Waals surface area contributed by atoms with E-state index >= 15 is 0 Å². The van der Waals surface area contributed by atoms with Gasteiger partial charge < -0.3 is 11.1 Å². The summed E-state index contributed by atoms with van der Waals surface area (Å²) in [4.78, 5) is 7.39. The first-order valence-electron chi connectivity index (χ1n) is 5.29. The molecule has 94 valence electrons. The quantitative estimate of drug-likeness (QED) is 0.893. The zero-order chi connectivity index (χ0) is 13.3. The Morgan fingerprint density at radius 1 is 1.28 bits per heavy atom. The van der Waals surface area contributed by atoms with Crippen LogP contribution in [-0.4, -0.2) is 9.97 Å². The first kappa shape index (κ1) is 12.8. The fraction of sp³-hybridized carbons (Fsp3) is 0.167. The highest BCUT2D eigenvalue weighted by atomic mass is 79.9. The van der Waals surface area contributed by atoms with Gasteiger partial charge in [-0.3, -0.25) is 0 Å². The molecule has 4 nitrogen and oxygen atoms in total. The number of halogens is 2. The van der Waals surface area contributed by atoms with E-state index in [1.165, 1.54) is 0 Å². The van der Waals surface area contributed by atoms with Gasteiger partial charge in [-0.1, -0.05) is 15.9 Å². The van der Waals surface area contributed by atoms with Crippen LogP contribution in [0.3, 0.4) is 0 Å². The topological polar surface area (TPSA) is 63.8 Å². The van der Waals surface area contributed by atoms with Gasteiger partial charge in [0.25, 0.3) is 0 Å². The van der Waals surface area contributed by atoms with Gasteiger partial charge in [0, 0.05) is 10.2 Å². The summed E-state index contributed by atoms with van der Waals surface area (Å²) < 4.78 is 14.5. The van der Waals surface area contributed by atoms with Crippen molar-refractivity contribution in [1.29, 1.82) is 0 Å². The number of hydrogen-bond donors (Lipinski definition) is 2. The van der Waals surface area contributed by atoms with Crippen molar-refractivity contribution in [2.24, 2.45) is 0 Å². The largest absolute Gasteiger partial charge is 0.368 e. The molecule has 0 aliphatic carbocycles. The van der Waals surface area contributed by atoms with Gasteiger partial charge in [0.15, 0.2) is 11.6 Å². The lowest BCUT2D eigenvalue weighted by molar-refractivity contribution is 0.620. The SMILES string of the molecule is Cc1cc(Nc2nc(N)ncc2F)cc(C)c1Br. The number of aryl methyl sites for hydroxylation is 2. The predicted octanol–water partition coefficient (Wildman–Crippen LogP) is 3.32. The second-order valence-corrected chi connectivity index (χ2v) is 4.77. The Morgan fingerprint density at radius 2 is 1.89 bits per heavy atom. The molecule has 0 saturated carbocycles. The normalized spacial score (nSPS) is 10.4. The lowest BCUT2D eigenvalue weighted by Crippen LogP contribution is -2.03. The molecule has 0 aliphatic rings. The minimum Gasteiger partial charge on any atom is -0.368 e. The Balaban J connectivity index is 2.37. The second kappa shape index (κ2) is 4.89. The van der Waals surface area contributed by atoms with Gasteiger partial charge in [-0.2, -0.15) is 4.98 Å². The third-order valence-corrected chi connectivity index (χ3v) is 3.71. The van der Waals surface area contributed by atoms with Crippen molar-refractivity contribution in [2.75, 3.05) is 11.1 Å². The van der Waals surface area contributed by atoms with Gasteiger partial charge in [0.05, 0.1) is 6.20 Å². The fourth-order valence-electron chi connectivity index (χ4n) is 1.62. The number of benzene rings is 1. The van der Waals surface area contributed by atoms with Gasteiger partial charge in [0.2, 0.25) is 5.95 Å². The van der Waals surface area contributed by atoms with Crippen LogP contribution in [-0.2, 0) is 0 Å². The molecule has 18 heavy (non-hydrogen) atoms. The van der Waals surface area contributed by atoms with Crippen LogP contribution in [0.4, 0.5) is 21.8 Å². The number of aromatic nitrogens is 2. The Morgan fingerprint density at radius 3 is 2.50 bits per heavy atom. The van der Waals surface area contributed by atoms with Gasteiger partial charge in [-0.05, 0) is 37.1 Å². The molecule has 3 N–H and O–H groups in total. The molecule has 1 aromatic heterocycles. The molecule has 0 bridgehead atoms. The fourth-order valence-corrected chi connectivity index (χ4v) is 1.85. The highest BCUT2D eigenvalue weighted by Gasteiger charge is 2.08. The Bertz CT molecular complexity index is 578. The van der Waals surface area contributed by atoms with E-state index in [0.29, 0.717) is 0 Å². The summed E-state index contributed by atoms with van der Waals surface area (Å²) >= 11 is 3.48. The van der Waals surface area contributed by atoms with Gasteiger partial charge in [0.1, 0.15) is 0 Å². The maximum absolute atomic E-state index is 13.5. The molecule has 0 radical (unpaired) electrons. The molecule has 1 heterocycles. The summed E-state index contributed by atoms with van der Waals surface area (Å²) in [5, 5.41) is 2.89. The first-order chi connectivity index (χ1) is 8.47. The van der Waals surface area contributed by atoms with Crippen LogP contribution in [0.5, 0.6) is 0 Å². The number of hydrogen-bond acceptors (Lipinski definition) is 4. The molecule has 2 rings (SSSR count). The molecule has 0 atom stereocenters. The second-order valence-electron chi connectivity index (χ2n) is 3.97. The van der Waals surface area contributed by atoms with E-state index in [0.717, 1.165) is 27.5 Å². The third-order valence-electron chi connectivity index (χ3n) is 2.46. The van der Waals surface area contributed by atoms with Crippen molar-refractivity contribution in [3.05, 3.63) is 39.7 Å². The van der Waals surface area contributed by atoms with Crippen molar-refractivity contribution in [3.8, 4) is 0 Å². The van der Waals surface area contributed by atoms with E-state index in [9.17, 15) is 4.39 Å². The van der Waals surface area contributed by atoms with Crippen molar-refractivity contribution in [3.63, 3.8) is 0 Å². The average molecular weight is 311 g/mol. The molecule has 0 amide bonds. The van der Waals surface area contributed by atoms with Crippen LogP contribution in [0.15, 0.2) is 22.8 Å². The van der Waals surface area contributed by atoms with Gasteiger partial charge in [-0.25, -0.2) is 9.37 Å². The molecule has 6 heteroatoms. The zero-order valence-corrected chi connectivity index (χ0v) is 11.5. The van der Waals surface area contributed by atoms with E-state index in [4.69, 9.17) is 5.73 Å². The average Bonchev–Trinajstić information content (AvgIpc) is 2.31. The van der Waals surface area contributed by atoms with Crippen LogP contribution in [0.2, 0.25) is 0 Å². The third kappa shape index (κ3) is 2.59. The molecule has 0 unspecified atom stereocenters. The number of nitrogen functional groups attached to an aromatic ring is 1. The standard InChI is InChI=1S/C12H12BrFN4/c1-6-3-8(4-7(2)10(6)13)17-11-9(14)5-16-12(15)18-11/h3-5H,1-2H3,(H3,15,16,17,18). The molecular formula is C12H12BrFN4. The number of nitrogens with one attached hydrogen (secondary N) is 1. The molecule has 0 saturated heterocycles. The molecule has 2 aromatic rings. The van der Waals surface area contributed by atoms with Crippen LogP contribution >= 0.6 is 15.9 Å². The Labute approximate surface area is 113 Å². The van der Waals surface area contributed by atoms with Crippen molar-refractivity contribution in [2.45, 2.75) is 13.8 Å². The van der Waals surface area contributed by atoms with E-state index in [1.54, 1.807) is 0 Å². The monoisotopic (exact) mass is 310 g/mol. The number of anilines is 3. The summed E-state index contributed by atoms with van der Waals surface area (Å²) in [6, 6.07) is 3.80. The Kier molecular flexibility index (Phi) is 3.47. The van der Waals surface area contributed by atoms with Crippen molar-refractivity contribution >= 4 is 33.4 Å². The lowest BCUT2D eigenvalue weighted by atomic mass is 10.1. The van der Waals surface area contributed by atoms with E-state index < -0.39 is 5.82 Å². The van der Waals surface area contributed by atoms with Gasteiger partial charge in [-0.15, -0.1) is 0 Å².